The lowest BCUT2D eigenvalue weighted by atomic mass is 10.2. The van der Waals surface area contributed by atoms with Crippen LogP contribution in [-0.2, 0) is 16.1 Å². The Morgan fingerprint density at radius 2 is 2.05 bits per heavy atom. The first kappa shape index (κ1) is 13.6. The van der Waals surface area contributed by atoms with E-state index in [0.717, 1.165) is 4.57 Å². The second-order valence-corrected chi connectivity index (χ2v) is 4.45. The summed E-state index contributed by atoms with van der Waals surface area (Å²) in [5.41, 5.74) is -0.789. The fourth-order valence-corrected chi connectivity index (χ4v) is 2.21. The molecule has 0 fully saturated rings. The van der Waals surface area contributed by atoms with Crippen molar-refractivity contribution in [1.82, 2.24) is 4.57 Å². The van der Waals surface area contributed by atoms with E-state index >= 15 is 0 Å². The molecule has 100 valence electrons. The van der Waals surface area contributed by atoms with E-state index < -0.39 is 23.9 Å². The van der Waals surface area contributed by atoms with Crippen molar-refractivity contribution < 1.29 is 13.9 Å². The number of esters is 1. The van der Waals surface area contributed by atoms with E-state index in [2.05, 4.69) is 9.15 Å². The van der Waals surface area contributed by atoms with Gasteiger partial charge in [-0.25, -0.2) is 9.59 Å². The van der Waals surface area contributed by atoms with Crippen LogP contribution < -0.4 is 11.4 Å². The zero-order valence-corrected chi connectivity index (χ0v) is 11.1. The molecular formula is C11H7Cl2NO5. The molecule has 0 amide bonds. The van der Waals surface area contributed by atoms with Gasteiger partial charge in [0.15, 0.2) is 0 Å². The molecule has 1 aromatic heterocycles. The highest BCUT2D eigenvalue weighted by Crippen LogP contribution is 2.25. The van der Waals surface area contributed by atoms with Gasteiger partial charge in [-0.3, -0.25) is 9.36 Å². The van der Waals surface area contributed by atoms with Gasteiger partial charge in [-0.15, -0.1) is 0 Å². The molecule has 6 nitrogen and oxygen atoms in total. The van der Waals surface area contributed by atoms with Crippen molar-refractivity contribution in [2.45, 2.75) is 6.54 Å². The second-order valence-electron chi connectivity index (χ2n) is 3.60. The van der Waals surface area contributed by atoms with Crippen LogP contribution in [0.15, 0.2) is 26.1 Å². The molecule has 1 heterocycles. The molecule has 0 saturated heterocycles. The maximum Gasteiger partial charge on any atom is 0.422 e. The third-order valence-corrected chi connectivity index (χ3v) is 2.94. The molecule has 2 aromatic rings. The molecule has 2 rings (SSSR count). The van der Waals surface area contributed by atoms with Crippen molar-refractivity contribution in [3.63, 3.8) is 0 Å². The zero-order chi connectivity index (χ0) is 14.2. The van der Waals surface area contributed by atoms with Gasteiger partial charge in [0.05, 0.1) is 23.0 Å². The van der Waals surface area contributed by atoms with Crippen molar-refractivity contribution in [1.29, 1.82) is 0 Å². The molecule has 0 atom stereocenters. The molecule has 0 N–H and O–H groups in total. The maximum atomic E-state index is 11.6. The van der Waals surface area contributed by atoms with Crippen LogP contribution in [0.3, 0.4) is 0 Å². The Balaban J connectivity index is 2.87. The van der Waals surface area contributed by atoms with E-state index in [1.807, 2.05) is 0 Å². The number of carbonyl (C=O) groups is 1. The van der Waals surface area contributed by atoms with E-state index in [4.69, 9.17) is 23.2 Å². The monoisotopic (exact) mass is 303 g/mol. The Morgan fingerprint density at radius 3 is 2.68 bits per heavy atom. The number of nitrogens with zero attached hydrogens (tertiary/aromatic N) is 1. The molecule has 0 aliphatic rings. The van der Waals surface area contributed by atoms with Crippen LogP contribution in [-0.4, -0.2) is 17.6 Å². The van der Waals surface area contributed by atoms with Gasteiger partial charge in [-0.2, -0.15) is 0 Å². The van der Waals surface area contributed by atoms with Crippen molar-refractivity contribution in [3.05, 3.63) is 43.1 Å². The summed E-state index contributed by atoms with van der Waals surface area (Å²) >= 11 is 11.7. The summed E-state index contributed by atoms with van der Waals surface area (Å²) < 4.78 is 9.89. The first-order chi connectivity index (χ1) is 8.93. The lowest BCUT2D eigenvalue weighted by molar-refractivity contribution is -0.141. The number of hydrogen-bond acceptors (Lipinski definition) is 5. The normalized spacial score (nSPS) is 10.7. The molecule has 0 radical (unpaired) electrons. The summed E-state index contributed by atoms with van der Waals surface area (Å²) in [4.78, 5) is 34.5. The lowest BCUT2D eigenvalue weighted by Crippen LogP contribution is -2.28. The van der Waals surface area contributed by atoms with Gasteiger partial charge in [0.2, 0.25) is 0 Å². The topological polar surface area (TPSA) is 78.5 Å². The highest BCUT2D eigenvalue weighted by molar-refractivity contribution is 6.38. The van der Waals surface area contributed by atoms with Gasteiger partial charge in [0, 0.05) is 5.02 Å². The largest absolute Gasteiger partial charge is 0.468 e. The standard InChI is InChI=1S/C11H7Cl2NO5/c1-18-8(15)4-14-9-6(10(16)19-11(14)17)2-5(12)3-7(9)13/h2-3H,4H2,1H3. The number of ether oxygens (including phenoxy) is 1. The predicted octanol–water partition coefficient (Wildman–Crippen LogP) is 1.43. The van der Waals surface area contributed by atoms with Gasteiger partial charge < -0.3 is 9.15 Å². The quantitative estimate of drug-likeness (QED) is 0.784. The van der Waals surface area contributed by atoms with Crippen molar-refractivity contribution >= 4 is 40.1 Å². The first-order valence-corrected chi connectivity index (χ1v) is 5.79. The van der Waals surface area contributed by atoms with Crippen LogP contribution in [0.2, 0.25) is 10.0 Å². The number of aromatic nitrogens is 1. The van der Waals surface area contributed by atoms with E-state index in [1.54, 1.807) is 0 Å². The number of fused-ring (bicyclic) bond motifs is 1. The highest BCUT2D eigenvalue weighted by atomic mass is 35.5. The molecule has 0 unspecified atom stereocenters. The molecule has 19 heavy (non-hydrogen) atoms. The van der Waals surface area contributed by atoms with Gasteiger partial charge in [0.25, 0.3) is 0 Å². The summed E-state index contributed by atoms with van der Waals surface area (Å²) in [7, 11) is 1.17. The average Bonchev–Trinajstić information content (AvgIpc) is 2.34. The molecule has 0 spiro atoms. The number of benzene rings is 1. The fourth-order valence-electron chi connectivity index (χ4n) is 1.61. The van der Waals surface area contributed by atoms with Gasteiger partial charge in [0.1, 0.15) is 6.54 Å². The average molecular weight is 304 g/mol. The Bertz CT molecular complexity index is 777. The summed E-state index contributed by atoms with van der Waals surface area (Å²) in [5, 5.41) is 0.297. The molecule has 0 saturated carbocycles. The van der Waals surface area contributed by atoms with Crippen LogP contribution in [0.5, 0.6) is 0 Å². The van der Waals surface area contributed by atoms with Crippen LogP contribution in [0, 0.1) is 0 Å². The van der Waals surface area contributed by atoms with E-state index in [-0.39, 0.29) is 20.9 Å². The second kappa shape index (κ2) is 5.07. The smallest absolute Gasteiger partial charge is 0.422 e. The van der Waals surface area contributed by atoms with Crippen LogP contribution in [0.25, 0.3) is 10.9 Å². The number of halogens is 2. The minimum absolute atomic E-state index is 0.0148. The Labute approximate surface area is 116 Å². The van der Waals surface area contributed by atoms with Crippen LogP contribution in [0.1, 0.15) is 0 Å². The van der Waals surface area contributed by atoms with Gasteiger partial charge in [-0.05, 0) is 12.1 Å². The fraction of sp³-hybridized carbons (Fsp3) is 0.182. The summed E-state index contributed by atoms with van der Waals surface area (Å²) in [6.45, 7) is -0.420. The summed E-state index contributed by atoms with van der Waals surface area (Å²) in [6, 6.07) is 2.67. The number of rotatable bonds is 2. The Kier molecular flexibility index (Phi) is 3.64. The minimum atomic E-state index is -0.993. The number of methoxy groups -OCH3 is 1. The molecule has 0 aliphatic carbocycles. The minimum Gasteiger partial charge on any atom is -0.468 e. The predicted molar refractivity (Wildman–Crippen MR) is 68.8 cm³/mol. The Hall–Kier alpha value is -1.79. The van der Waals surface area contributed by atoms with Gasteiger partial charge in [-0.1, -0.05) is 23.2 Å². The van der Waals surface area contributed by atoms with Crippen LogP contribution >= 0.6 is 23.2 Å². The molecule has 0 bridgehead atoms. The third-order valence-electron chi connectivity index (χ3n) is 2.43. The third kappa shape index (κ3) is 2.50. The lowest BCUT2D eigenvalue weighted by Gasteiger charge is -2.08. The van der Waals surface area contributed by atoms with Gasteiger partial charge >= 0.3 is 17.4 Å². The van der Waals surface area contributed by atoms with Crippen molar-refractivity contribution in [3.8, 4) is 0 Å². The Morgan fingerprint density at radius 1 is 1.37 bits per heavy atom. The summed E-state index contributed by atoms with van der Waals surface area (Å²) in [5.74, 6) is -1.67. The SMILES string of the molecule is COC(=O)Cn1c(=O)oc(=O)c2cc(Cl)cc(Cl)c21. The number of hydrogen-bond donors (Lipinski definition) is 0. The van der Waals surface area contributed by atoms with E-state index in [1.165, 1.54) is 19.2 Å². The molecule has 0 aliphatic heterocycles. The first-order valence-electron chi connectivity index (χ1n) is 5.03. The highest BCUT2D eigenvalue weighted by Gasteiger charge is 2.16. The molecule has 1 aromatic carbocycles. The van der Waals surface area contributed by atoms with E-state index in [9.17, 15) is 14.4 Å². The zero-order valence-electron chi connectivity index (χ0n) is 9.61. The maximum absolute atomic E-state index is 11.6. The number of carbonyl (C=O) groups excluding carboxylic acids is 1. The van der Waals surface area contributed by atoms with E-state index in [0.29, 0.717) is 0 Å². The van der Waals surface area contributed by atoms with Crippen LogP contribution in [0.4, 0.5) is 0 Å². The molecular weight excluding hydrogens is 297 g/mol. The summed E-state index contributed by atoms with van der Waals surface area (Å²) in [6.07, 6.45) is 0. The van der Waals surface area contributed by atoms with Crippen molar-refractivity contribution in [2.75, 3.05) is 7.11 Å². The molecule has 8 heteroatoms. The van der Waals surface area contributed by atoms with Crippen molar-refractivity contribution in [2.24, 2.45) is 0 Å².